The average Bonchev–Trinajstić information content (AvgIpc) is 2.52. The first kappa shape index (κ1) is 32.0. The summed E-state index contributed by atoms with van der Waals surface area (Å²) in [6.45, 7) is 0. The van der Waals surface area contributed by atoms with E-state index in [1.54, 1.807) is 0 Å². The maximum absolute atomic E-state index is 13.2. The van der Waals surface area contributed by atoms with E-state index in [4.69, 9.17) is 10.2 Å². The molecule has 0 saturated carbocycles. The van der Waals surface area contributed by atoms with E-state index in [2.05, 4.69) is 0 Å². The van der Waals surface area contributed by atoms with E-state index in [1.807, 2.05) is 0 Å². The molecule has 0 saturated heterocycles. The van der Waals surface area contributed by atoms with Gasteiger partial charge >= 0.3 is 88.9 Å². The summed E-state index contributed by atoms with van der Waals surface area (Å²) in [4.78, 5) is 19.7. The van der Waals surface area contributed by atoms with Gasteiger partial charge in [0.25, 0.3) is 0 Å². The number of carboxylic acid groups (broad SMARTS) is 2. The zero-order chi connectivity index (χ0) is 25.2. The van der Waals surface area contributed by atoms with Crippen LogP contribution in [0.2, 0.25) is 0 Å². The van der Waals surface area contributed by atoms with Crippen LogP contribution in [-0.4, -0.2) is 99.1 Å². The van der Waals surface area contributed by atoms with Crippen LogP contribution in [-0.2, 0) is 9.59 Å². The Kier molecular flexibility index (Phi) is 8.25. The number of rotatable bonds is 9. The Morgan fingerprint density at radius 1 is 0.387 bits per heavy atom. The van der Waals surface area contributed by atoms with Gasteiger partial charge in [-0.3, -0.25) is 0 Å². The van der Waals surface area contributed by atoms with Gasteiger partial charge in [-0.25, -0.2) is 9.59 Å². The summed E-state index contributed by atoms with van der Waals surface area (Å²) in [5.74, 6) is -74.9. The Bertz CT molecular complexity index is 657. The van der Waals surface area contributed by atoms with E-state index in [-0.39, 0.29) is 29.6 Å². The van der Waals surface area contributed by atoms with Crippen molar-refractivity contribution in [1.82, 2.24) is 0 Å². The molecule has 0 spiro atoms. The first-order valence-electron chi connectivity index (χ1n) is 6.13. The van der Waals surface area contributed by atoms with Crippen LogP contribution >= 0.6 is 0 Å². The van der Waals surface area contributed by atoms with Crippen molar-refractivity contribution in [2.75, 3.05) is 0 Å². The van der Waals surface area contributed by atoms with Gasteiger partial charge in [-0.2, -0.15) is 70.2 Å². The molecule has 0 aliphatic carbocycles. The molecular formula is C10H3F16NaO4. The second-order valence-electron chi connectivity index (χ2n) is 5.21. The fourth-order valence-electron chi connectivity index (χ4n) is 1.45. The quantitative estimate of drug-likeness (QED) is 0.365. The van der Waals surface area contributed by atoms with E-state index < -0.39 is 59.3 Å². The van der Waals surface area contributed by atoms with Crippen molar-refractivity contribution in [2.24, 2.45) is 0 Å². The molecule has 2 N–H and O–H groups in total. The molecule has 0 unspecified atom stereocenters. The van der Waals surface area contributed by atoms with Gasteiger partial charge in [-0.1, -0.05) is 0 Å². The minimum absolute atomic E-state index is 0. The van der Waals surface area contributed by atoms with E-state index in [1.165, 1.54) is 0 Å². The predicted molar refractivity (Wildman–Crippen MR) is 62.0 cm³/mol. The number of aliphatic carboxylic acids is 2. The normalized spacial score (nSPS) is 15.4. The number of halogens is 16. The van der Waals surface area contributed by atoms with E-state index in [0.29, 0.717) is 0 Å². The SMILES string of the molecule is O=C(O)C(F)(F)C(F)(F)C(F)(F)C(F)(F)C(F)(F)C(F)(F)C(F)(F)C(F)(F)C(=O)O.[NaH]. The van der Waals surface area contributed by atoms with Gasteiger partial charge < -0.3 is 10.2 Å². The van der Waals surface area contributed by atoms with Crippen molar-refractivity contribution >= 4 is 41.5 Å². The molecule has 0 aromatic heterocycles. The molecule has 0 bridgehead atoms. The summed E-state index contributed by atoms with van der Waals surface area (Å²) < 4.78 is 207. The molecule has 0 fully saturated rings. The summed E-state index contributed by atoms with van der Waals surface area (Å²) in [5.41, 5.74) is 0. The molecule has 180 valence electrons. The molecule has 4 nitrogen and oxygen atoms in total. The van der Waals surface area contributed by atoms with Gasteiger partial charge in [0, 0.05) is 0 Å². The van der Waals surface area contributed by atoms with Crippen LogP contribution in [0.15, 0.2) is 0 Å². The van der Waals surface area contributed by atoms with Gasteiger partial charge in [0.05, 0.1) is 0 Å². The molecule has 0 atom stereocenters. The third-order valence-electron chi connectivity index (χ3n) is 3.30. The molecular weight excluding hydrogens is 511 g/mol. The van der Waals surface area contributed by atoms with Crippen LogP contribution < -0.4 is 0 Å². The monoisotopic (exact) mass is 514 g/mol. The van der Waals surface area contributed by atoms with Crippen LogP contribution in [0.5, 0.6) is 0 Å². The van der Waals surface area contributed by atoms with Crippen molar-refractivity contribution in [1.29, 1.82) is 0 Å². The average molecular weight is 514 g/mol. The Morgan fingerprint density at radius 2 is 0.516 bits per heavy atom. The van der Waals surface area contributed by atoms with Gasteiger partial charge in [-0.15, -0.1) is 0 Å². The Hall–Kier alpha value is -1.18. The number of carboxylic acids is 2. The topological polar surface area (TPSA) is 74.6 Å². The summed E-state index contributed by atoms with van der Waals surface area (Å²) in [5, 5.41) is 15.3. The van der Waals surface area contributed by atoms with Gasteiger partial charge in [-0.05, 0) is 0 Å². The molecule has 0 aliphatic heterocycles. The molecule has 0 aromatic rings. The standard InChI is InChI=1S/C10H2F16O4.Na.H/c11-3(12,1(27)28)5(15,16)7(19,20)9(23,24)10(25,26)8(21,22)6(17,18)4(13,14)2(29)30;;/h(H,27,28)(H,29,30);;. The zero-order valence-electron chi connectivity index (χ0n) is 12.8. The van der Waals surface area contributed by atoms with Crippen molar-refractivity contribution < 1.29 is 90.0 Å². The van der Waals surface area contributed by atoms with Gasteiger partial charge in [0.15, 0.2) is 0 Å². The Labute approximate surface area is 179 Å². The molecule has 0 aromatic carbocycles. The van der Waals surface area contributed by atoms with Crippen LogP contribution in [0.1, 0.15) is 0 Å². The summed E-state index contributed by atoms with van der Waals surface area (Å²) in [6.07, 6.45) is 0. The zero-order valence-corrected chi connectivity index (χ0v) is 12.8. The minimum atomic E-state index is -8.80. The Balaban J connectivity index is 0. The molecule has 31 heavy (non-hydrogen) atoms. The molecule has 0 amide bonds. The maximum atomic E-state index is 13.2. The van der Waals surface area contributed by atoms with Crippen molar-refractivity contribution in [3.8, 4) is 0 Å². The van der Waals surface area contributed by atoms with Crippen molar-refractivity contribution in [2.45, 2.75) is 47.4 Å². The first-order chi connectivity index (χ1) is 12.6. The van der Waals surface area contributed by atoms with E-state index >= 15 is 0 Å². The van der Waals surface area contributed by atoms with Crippen molar-refractivity contribution in [3.63, 3.8) is 0 Å². The predicted octanol–water partition coefficient (Wildman–Crippen LogP) is 3.59. The van der Waals surface area contributed by atoms with Gasteiger partial charge in [0.1, 0.15) is 0 Å². The molecule has 0 radical (unpaired) electrons. The number of carbonyl (C=O) groups is 2. The van der Waals surface area contributed by atoms with Gasteiger partial charge in [0.2, 0.25) is 0 Å². The second-order valence-corrected chi connectivity index (χ2v) is 5.21. The van der Waals surface area contributed by atoms with Crippen LogP contribution in [0.4, 0.5) is 70.2 Å². The third kappa shape index (κ3) is 3.80. The molecule has 0 aliphatic rings. The summed E-state index contributed by atoms with van der Waals surface area (Å²) in [6, 6.07) is 0. The van der Waals surface area contributed by atoms with Crippen LogP contribution in [0, 0.1) is 0 Å². The summed E-state index contributed by atoms with van der Waals surface area (Å²) >= 11 is 0. The van der Waals surface area contributed by atoms with E-state index in [9.17, 15) is 79.8 Å². The number of hydrogen-bond acceptors (Lipinski definition) is 2. The third-order valence-corrected chi connectivity index (χ3v) is 3.30. The fraction of sp³-hybridized carbons (Fsp3) is 0.800. The van der Waals surface area contributed by atoms with Crippen molar-refractivity contribution in [3.05, 3.63) is 0 Å². The molecule has 21 heteroatoms. The van der Waals surface area contributed by atoms with E-state index in [0.717, 1.165) is 0 Å². The molecule has 0 rings (SSSR count). The second kappa shape index (κ2) is 7.99. The number of hydrogen-bond donors (Lipinski definition) is 2. The first-order valence-corrected chi connectivity index (χ1v) is 6.13. The molecule has 0 heterocycles. The van der Waals surface area contributed by atoms with Crippen LogP contribution in [0.25, 0.3) is 0 Å². The summed E-state index contributed by atoms with van der Waals surface area (Å²) in [7, 11) is 0. The fourth-order valence-corrected chi connectivity index (χ4v) is 1.45. The Morgan fingerprint density at radius 3 is 0.645 bits per heavy atom. The van der Waals surface area contributed by atoms with Crippen LogP contribution in [0.3, 0.4) is 0 Å². The number of alkyl halides is 16.